The first kappa shape index (κ1) is 13.1. The largest absolute Gasteiger partial charge is 0.393 e. The maximum absolute atomic E-state index is 9.61. The van der Waals surface area contributed by atoms with E-state index in [1.54, 1.807) is 18.3 Å². The Morgan fingerprint density at radius 1 is 1.67 bits per heavy atom. The predicted molar refractivity (Wildman–Crippen MR) is 66.1 cm³/mol. The molecule has 2 atom stereocenters. The highest BCUT2D eigenvalue weighted by Crippen LogP contribution is 2.25. The molecule has 1 aromatic heterocycles. The van der Waals surface area contributed by atoms with Gasteiger partial charge in [-0.25, -0.2) is 0 Å². The van der Waals surface area contributed by atoms with Gasteiger partial charge in [0.2, 0.25) is 0 Å². The van der Waals surface area contributed by atoms with E-state index >= 15 is 0 Å². The van der Waals surface area contributed by atoms with Crippen LogP contribution < -0.4 is 5.32 Å². The topological polar surface area (TPSA) is 52.5 Å². The van der Waals surface area contributed by atoms with Gasteiger partial charge in [-0.3, -0.25) is 0 Å². The highest BCUT2D eigenvalue weighted by Gasteiger charge is 2.20. The Morgan fingerprint density at radius 3 is 2.80 bits per heavy atom. The van der Waals surface area contributed by atoms with E-state index in [-0.39, 0.29) is 12.6 Å². The van der Waals surface area contributed by atoms with Gasteiger partial charge in [0.1, 0.15) is 0 Å². The van der Waals surface area contributed by atoms with E-state index in [1.165, 1.54) is 4.88 Å². The van der Waals surface area contributed by atoms with Crippen LogP contribution in [0.2, 0.25) is 0 Å². The van der Waals surface area contributed by atoms with Gasteiger partial charge in [0.15, 0.2) is 0 Å². The summed E-state index contributed by atoms with van der Waals surface area (Å²) in [5, 5.41) is 23.7. The minimum absolute atomic E-state index is 0.180. The average Bonchev–Trinajstić information content (AvgIpc) is 2.61. The van der Waals surface area contributed by atoms with Gasteiger partial charge in [-0.05, 0) is 35.8 Å². The smallest absolute Gasteiger partial charge is 0.0973 e. The quantitative estimate of drug-likeness (QED) is 0.777. The van der Waals surface area contributed by atoms with Crippen LogP contribution in [0.15, 0.2) is 15.9 Å². The molecular formula is C10H16BrNO2S. The summed E-state index contributed by atoms with van der Waals surface area (Å²) in [6.07, 6.45) is 0. The molecule has 1 rings (SSSR count). The minimum Gasteiger partial charge on any atom is -0.393 e. The van der Waals surface area contributed by atoms with Crippen molar-refractivity contribution in [1.82, 2.24) is 5.32 Å². The summed E-state index contributed by atoms with van der Waals surface area (Å²) in [7, 11) is 0. The van der Waals surface area contributed by atoms with Crippen LogP contribution in [0.1, 0.15) is 24.8 Å². The molecule has 0 aliphatic carbocycles. The van der Waals surface area contributed by atoms with E-state index in [0.717, 1.165) is 4.47 Å². The van der Waals surface area contributed by atoms with Crippen LogP contribution >= 0.6 is 27.3 Å². The van der Waals surface area contributed by atoms with Crippen LogP contribution in [-0.4, -0.2) is 29.0 Å². The summed E-state index contributed by atoms with van der Waals surface area (Å²) >= 11 is 5.06. The molecule has 5 heteroatoms. The summed E-state index contributed by atoms with van der Waals surface area (Å²) in [6.45, 7) is 3.78. The molecule has 0 aromatic carbocycles. The first-order valence-corrected chi connectivity index (χ1v) is 6.42. The van der Waals surface area contributed by atoms with Crippen LogP contribution in [0, 0.1) is 0 Å². The highest BCUT2D eigenvalue weighted by molar-refractivity contribution is 9.10. The summed E-state index contributed by atoms with van der Waals surface area (Å²) in [6, 6.07) is 2.23. The molecule has 3 N–H and O–H groups in total. The molecule has 15 heavy (non-hydrogen) atoms. The van der Waals surface area contributed by atoms with Crippen molar-refractivity contribution in [3.05, 3.63) is 20.8 Å². The van der Waals surface area contributed by atoms with Crippen molar-refractivity contribution in [1.29, 1.82) is 0 Å². The summed E-state index contributed by atoms with van der Waals surface area (Å²) < 4.78 is 1.07. The van der Waals surface area contributed by atoms with E-state index < -0.39 is 5.60 Å². The number of aliphatic hydroxyl groups excluding tert-OH is 1. The Kier molecular flexibility index (Phi) is 4.73. The number of rotatable bonds is 5. The molecule has 86 valence electrons. The molecule has 1 aromatic rings. The average molecular weight is 294 g/mol. The lowest BCUT2D eigenvalue weighted by atomic mass is 10.1. The molecule has 0 saturated heterocycles. The molecule has 0 spiro atoms. The Morgan fingerprint density at radius 2 is 2.33 bits per heavy atom. The van der Waals surface area contributed by atoms with Crippen LogP contribution in [-0.2, 0) is 0 Å². The normalized spacial score (nSPS) is 17.4. The Labute approximate surface area is 102 Å². The van der Waals surface area contributed by atoms with Crippen molar-refractivity contribution in [2.75, 3.05) is 13.2 Å². The zero-order valence-corrected chi connectivity index (χ0v) is 11.2. The van der Waals surface area contributed by atoms with Gasteiger partial charge in [0, 0.05) is 27.3 Å². The standard InChI is InChI=1S/C10H16BrNO2S/c1-7(9-3-8(11)4-15-9)12-5-10(2,14)6-13/h3-4,7,12-14H,5-6H2,1-2H3. The number of hydrogen-bond donors (Lipinski definition) is 3. The third-order valence-corrected chi connectivity index (χ3v) is 4.02. The van der Waals surface area contributed by atoms with Crippen molar-refractivity contribution >= 4 is 27.3 Å². The first-order chi connectivity index (χ1) is 6.94. The number of nitrogens with one attached hydrogen (secondary N) is 1. The van der Waals surface area contributed by atoms with Crippen LogP contribution in [0.3, 0.4) is 0 Å². The molecule has 0 aliphatic heterocycles. The fraction of sp³-hybridized carbons (Fsp3) is 0.600. The van der Waals surface area contributed by atoms with Crippen molar-refractivity contribution < 1.29 is 10.2 Å². The van der Waals surface area contributed by atoms with Crippen LogP contribution in [0.4, 0.5) is 0 Å². The van der Waals surface area contributed by atoms with E-state index in [0.29, 0.717) is 6.54 Å². The molecule has 0 bridgehead atoms. The summed E-state index contributed by atoms with van der Waals surface area (Å²) in [5.74, 6) is 0. The summed E-state index contributed by atoms with van der Waals surface area (Å²) in [4.78, 5) is 1.20. The predicted octanol–water partition coefficient (Wildman–Crippen LogP) is 1.90. The van der Waals surface area contributed by atoms with Gasteiger partial charge >= 0.3 is 0 Å². The third-order valence-electron chi connectivity index (χ3n) is 2.14. The monoisotopic (exact) mass is 293 g/mol. The zero-order chi connectivity index (χ0) is 11.5. The maximum atomic E-state index is 9.61. The molecule has 3 nitrogen and oxygen atoms in total. The second-order valence-electron chi connectivity index (χ2n) is 3.92. The van der Waals surface area contributed by atoms with Crippen molar-refractivity contribution in [3.8, 4) is 0 Å². The van der Waals surface area contributed by atoms with Crippen molar-refractivity contribution in [2.45, 2.75) is 25.5 Å². The molecule has 0 radical (unpaired) electrons. The maximum Gasteiger partial charge on any atom is 0.0973 e. The van der Waals surface area contributed by atoms with Gasteiger partial charge in [0.25, 0.3) is 0 Å². The highest BCUT2D eigenvalue weighted by atomic mass is 79.9. The van der Waals surface area contributed by atoms with Crippen molar-refractivity contribution in [3.63, 3.8) is 0 Å². The van der Waals surface area contributed by atoms with Gasteiger partial charge in [-0.2, -0.15) is 0 Å². The van der Waals surface area contributed by atoms with Crippen LogP contribution in [0.25, 0.3) is 0 Å². The molecule has 0 fully saturated rings. The van der Waals surface area contributed by atoms with E-state index in [1.807, 2.05) is 12.3 Å². The number of halogens is 1. The fourth-order valence-electron chi connectivity index (χ4n) is 1.08. The summed E-state index contributed by atoms with van der Waals surface area (Å²) in [5.41, 5.74) is -1.05. The van der Waals surface area contributed by atoms with Gasteiger partial charge in [-0.15, -0.1) is 11.3 Å². The lowest BCUT2D eigenvalue weighted by Crippen LogP contribution is -2.41. The van der Waals surface area contributed by atoms with Crippen molar-refractivity contribution in [2.24, 2.45) is 0 Å². The minimum atomic E-state index is -1.05. The number of thiophene rings is 1. The molecule has 0 aliphatic rings. The lowest BCUT2D eigenvalue weighted by Gasteiger charge is -2.23. The lowest BCUT2D eigenvalue weighted by molar-refractivity contribution is 0.00112. The molecule has 1 heterocycles. The van der Waals surface area contributed by atoms with Gasteiger partial charge in [0.05, 0.1) is 12.2 Å². The number of aliphatic hydroxyl groups is 2. The fourth-order valence-corrected chi connectivity index (χ4v) is 2.56. The van der Waals surface area contributed by atoms with E-state index in [2.05, 4.69) is 27.3 Å². The Bertz CT molecular complexity index is 314. The molecule has 0 saturated carbocycles. The Hall–Kier alpha value is 0.0600. The Balaban J connectivity index is 2.46. The van der Waals surface area contributed by atoms with Gasteiger partial charge < -0.3 is 15.5 Å². The molecule has 0 amide bonds. The SMILES string of the molecule is CC(NCC(C)(O)CO)c1cc(Br)cs1. The first-order valence-electron chi connectivity index (χ1n) is 4.75. The van der Waals surface area contributed by atoms with Gasteiger partial charge in [-0.1, -0.05) is 0 Å². The zero-order valence-electron chi connectivity index (χ0n) is 8.83. The third kappa shape index (κ3) is 4.20. The second kappa shape index (κ2) is 5.41. The molecular weight excluding hydrogens is 278 g/mol. The second-order valence-corrected chi connectivity index (χ2v) is 5.78. The van der Waals surface area contributed by atoms with Crippen LogP contribution in [0.5, 0.6) is 0 Å². The number of hydrogen-bond acceptors (Lipinski definition) is 4. The van der Waals surface area contributed by atoms with E-state index in [4.69, 9.17) is 5.11 Å². The molecule has 2 unspecified atom stereocenters. The van der Waals surface area contributed by atoms with E-state index in [9.17, 15) is 5.11 Å².